The highest BCUT2D eigenvalue weighted by Crippen LogP contribution is 2.45. The number of likely N-dealkylation sites (N-methyl/N-ethyl adjacent to an activating group) is 1. The van der Waals surface area contributed by atoms with E-state index in [-0.39, 0.29) is 59.2 Å². The van der Waals surface area contributed by atoms with E-state index in [0.717, 1.165) is 104 Å². The fourth-order valence-electron chi connectivity index (χ4n) is 9.78. The number of aromatic nitrogens is 1. The number of rotatable bonds is 26. The van der Waals surface area contributed by atoms with Crippen LogP contribution in [0.3, 0.4) is 0 Å². The van der Waals surface area contributed by atoms with Gasteiger partial charge in [-0.25, -0.2) is 4.79 Å². The lowest BCUT2D eigenvalue weighted by atomic mass is 9.74. The zero-order valence-corrected chi connectivity index (χ0v) is 59.3. The van der Waals surface area contributed by atoms with Crippen LogP contribution < -0.4 is 10.6 Å². The van der Waals surface area contributed by atoms with Gasteiger partial charge in [-0.2, -0.15) is 0 Å². The highest BCUT2D eigenvalue weighted by molar-refractivity contribution is 5.94. The van der Waals surface area contributed by atoms with Gasteiger partial charge in [0.15, 0.2) is 5.78 Å². The number of carbonyl (C=O) groups is 5. The number of ketones is 2. The largest absolute Gasteiger partial charge is 0.508 e. The number of carbonyl (C=O) groups excluding carboxylic acids is 5. The van der Waals surface area contributed by atoms with Crippen molar-refractivity contribution in [3.8, 4) is 16.9 Å². The van der Waals surface area contributed by atoms with Crippen molar-refractivity contribution in [2.45, 2.75) is 246 Å². The number of nitrogens with one attached hydrogen (secondary N) is 2. The molecule has 0 bridgehead atoms. The van der Waals surface area contributed by atoms with E-state index >= 15 is 0 Å². The Hall–Kier alpha value is -5.20. The van der Waals surface area contributed by atoms with Gasteiger partial charge >= 0.3 is 6.03 Å². The summed E-state index contributed by atoms with van der Waals surface area (Å²) in [7, 11) is 7.18. The predicted molar refractivity (Wildman–Crippen MR) is 369 cm³/mol. The van der Waals surface area contributed by atoms with E-state index in [0.29, 0.717) is 24.2 Å². The van der Waals surface area contributed by atoms with Gasteiger partial charge in [0, 0.05) is 51.3 Å². The van der Waals surface area contributed by atoms with E-state index in [2.05, 4.69) is 125 Å². The van der Waals surface area contributed by atoms with Crippen LogP contribution in [0.25, 0.3) is 22.3 Å². The first-order chi connectivity index (χ1) is 41.2. The molecular formula is C75H127N5O7. The maximum Gasteiger partial charge on any atom is 0.319 e. The van der Waals surface area contributed by atoms with E-state index in [1.807, 2.05) is 46.1 Å². The van der Waals surface area contributed by atoms with E-state index in [9.17, 15) is 29.1 Å². The maximum atomic E-state index is 13.2. The number of aryl methyl sites for hydroxylation is 1. The molecule has 3 N–H and O–H groups in total. The summed E-state index contributed by atoms with van der Waals surface area (Å²) in [4.78, 5) is 66.0. The number of hydrogen-bond acceptors (Lipinski definition) is 9. The van der Waals surface area contributed by atoms with Crippen molar-refractivity contribution in [3.63, 3.8) is 0 Å². The second-order valence-corrected chi connectivity index (χ2v) is 25.8. The Balaban J connectivity index is 0.00000164. The van der Waals surface area contributed by atoms with Gasteiger partial charge in [0.25, 0.3) is 0 Å². The molecule has 4 atom stereocenters. The quantitative estimate of drug-likeness (QED) is 0.0525. The normalized spacial score (nSPS) is 15.1. The smallest absolute Gasteiger partial charge is 0.319 e. The Morgan fingerprint density at radius 3 is 1.90 bits per heavy atom. The van der Waals surface area contributed by atoms with Crippen molar-refractivity contribution in [3.05, 3.63) is 82.7 Å². The van der Waals surface area contributed by atoms with Gasteiger partial charge in [0.05, 0.1) is 24.4 Å². The molecule has 3 aromatic rings. The lowest BCUT2D eigenvalue weighted by Crippen LogP contribution is -2.44. The van der Waals surface area contributed by atoms with E-state index < -0.39 is 6.04 Å². The Morgan fingerprint density at radius 1 is 0.816 bits per heavy atom. The average molecular weight is 1210 g/mol. The van der Waals surface area contributed by atoms with Crippen molar-refractivity contribution in [2.24, 2.45) is 40.9 Å². The first-order valence-electron chi connectivity index (χ1n) is 33.7. The Bertz CT molecular complexity index is 2450. The number of pyridine rings is 1. The topological polar surface area (TPSA) is 158 Å². The minimum Gasteiger partial charge on any atom is -0.508 e. The number of phenols is 1. The molecular weight excluding hydrogens is 1080 g/mol. The highest BCUT2D eigenvalue weighted by atomic mass is 16.5. The lowest BCUT2D eigenvalue weighted by molar-refractivity contribution is -0.130. The average Bonchev–Trinajstić information content (AvgIpc) is 1.83. The molecule has 494 valence electrons. The fourth-order valence-corrected chi connectivity index (χ4v) is 9.78. The Morgan fingerprint density at radius 2 is 1.43 bits per heavy atom. The molecule has 0 radical (unpaired) electrons. The van der Waals surface area contributed by atoms with Gasteiger partial charge in [0.1, 0.15) is 17.8 Å². The molecule has 3 saturated carbocycles. The molecule has 3 fully saturated rings. The third kappa shape index (κ3) is 32.7. The van der Waals surface area contributed by atoms with Crippen LogP contribution in [0, 0.1) is 47.8 Å². The standard InChI is InChI=1S/C45H62N2O4.C10H18N2O2.C6H15N.C5H12.C4H6O.C3H8.C2H6/c1-11-28(3)42(38-18-15-21-46-43(38)32(7)51-10)40(27-45(8,9)12-2)39-26-35(20-19-29(39)4)36-22-33(23-37(49)25-36)24-41(31(6)48)47-44(50)30(5)34-16-13-14-17-34;1-8(13)6-11(2)10(14)12(3)7-9-4-5-9;1-3-4-5-6-7-2;1-4-5(2)3;5-3-4-1-2-4;1-3-2;1-2/h15,18-23,25-26,28,30,32,34,41,49H,11-14,16-17,24,27H2,1-10H3,(H,47,50);9H,4-7H2,1-3H3;7H,3-6H2,1-2H3;5H,4H2,1-3H3;3-4H,1-2H2;3H2,1-2H3;1-2H3/b42-40+;;;;;;. The van der Waals surface area contributed by atoms with E-state index in [1.54, 1.807) is 38.2 Å². The summed E-state index contributed by atoms with van der Waals surface area (Å²) in [6.45, 7) is 40.0. The molecule has 3 aliphatic rings. The minimum absolute atomic E-state index is 0.0145. The van der Waals surface area contributed by atoms with Crippen molar-refractivity contribution >= 4 is 40.9 Å². The highest BCUT2D eigenvalue weighted by Gasteiger charge is 2.31. The van der Waals surface area contributed by atoms with Crippen LogP contribution in [0.15, 0.2) is 54.7 Å². The molecule has 1 aromatic heterocycles. The third-order valence-electron chi connectivity index (χ3n) is 16.6. The maximum absolute atomic E-state index is 13.2. The third-order valence-corrected chi connectivity index (χ3v) is 16.6. The minimum atomic E-state index is -0.656. The van der Waals surface area contributed by atoms with Gasteiger partial charge in [-0.15, -0.1) is 0 Å². The summed E-state index contributed by atoms with van der Waals surface area (Å²) in [5.41, 5.74) is 9.76. The molecule has 0 spiro atoms. The number of urea groups is 1. The summed E-state index contributed by atoms with van der Waals surface area (Å²) in [6.07, 6.45) is 21.7. The lowest BCUT2D eigenvalue weighted by Gasteiger charge is -2.31. The number of Topliss-reactive ketones (excluding diaryl/α,β-unsaturated/α-hetero) is 2. The number of benzene rings is 2. The number of ether oxygens (including phenoxy) is 1. The van der Waals surface area contributed by atoms with Gasteiger partial charge in [-0.05, 0) is 198 Å². The molecule has 1 heterocycles. The van der Waals surface area contributed by atoms with Gasteiger partial charge < -0.3 is 35.1 Å². The molecule has 6 rings (SSSR count). The van der Waals surface area contributed by atoms with Crippen molar-refractivity contribution < 1.29 is 33.8 Å². The number of phenolic OH excluding ortho intramolecular Hbond substituents is 1. The second-order valence-electron chi connectivity index (χ2n) is 25.8. The summed E-state index contributed by atoms with van der Waals surface area (Å²) >= 11 is 0. The van der Waals surface area contributed by atoms with Crippen molar-refractivity contribution in [1.29, 1.82) is 0 Å². The number of aldehydes is 1. The summed E-state index contributed by atoms with van der Waals surface area (Å²) < 4.78 is 5.82. The number of unbranched alkanes of at least 4 members (excludes halogenated alkanes) is 2. The van der Waals surface area contributed by atoms with Gasteiger partial charge in [0.2, 0.25) is 5.91 Å². The van der Waals surface area contributed by atoms with E-state index in [4.69, 9.17) is 9.72 Å². The molecule has 4 unspecified atom stereocenters. The summed E-state index contributed by atoms with van der Waals surface area (Å²) in [5.74, 6) is 2.54. The van der Waals surface area contributed by atoms with Gasteiger partial charge in [-0.1, -0.05) is 166 Å². The van der Waals surface area contributed by atoms with Crippen LogP contribution in [0.1, 0.15) is 254 Å². The summed E-state index contributed by atoms with van der Waals surface area (Å²) in [5, 5.41) is 17.1. The Labute approximate surface area is 532 Å². The molecule has 0 saturated heterocycles. The molecule has 0 aliphatic heterocycles. The predicted octanol–water partition coefficient (Wildman–Crippen LogP) is 18.2. The number of aromatic hydroxyl groups is 1. The molecule has 87 heavy (non-hydrogen) atoms. The van der Waals surface area contributed by atoms with Crippen LogP contribution >= 0.6 is 0 Å². The van der Waals surface area contributed by atoms with Crippen LogP contribution in [0.5, 0.6) is 5.75 Å². The fraction of sp³-hybridized carbons (Fsp3) is 0.680. The van der Waals surface area contributed by atoms with Crippen molar-refractivity contribution in [1.82, 2.24) is 25.4 Å². The zero-order valence-electron chi connectivity index (χ0n) is 59.3. The van der Waals surface area contributed by atoms with Crippen LogP contribution in [-0.2, 0) is 30.3 Å². The Kier molecular flexibility index (Phi) is 42.4. The molecule has 12 heteroatoms. The first-order valence-corrected chi connectivity index (χ1v) is 33.7. The van der Waals surface area contributed by atoms with Crippen LogP contribution in [-0.4, -0.2) is 104 Å². The first kappa shape index (κ1) is 81.8. The van der Waals surface area contributed by atoms with Crippen LogP contribution in [0.4, 0.5) is 4.79 Å². The second kappa shape index (κ2) is 45.1. The molecule has 12 nitrogen and oxygen atoms in total. The summed E-state index contributed by atoms with van der Waals surface area (Å²) in [6, 6.07) is 15.6. The van der Waals surface area contributed by atoms with Gasteiger partial charge in [-0.3, -0.25) is 19.4 Å². The SMILES string of the molecule is CC.CC(=O)CN(C)C(=O)N(C)CC1CC1.CCC.CCC(C)/C(=C(/CC(C)(C)CC)c1cc(-c2cc(O)cc(CC(NC(=O)C(C)C3CCCC3)C(C)=O)c2)ccc1C)c1cccnc1C(C)OC.CCC(C)C.CCCCCNC.O=CC1CC1. The molecule has 3 aliphatic carbocycles. The number of hydrogen-bond donors (Lipinski definition) is 3. The monoisotopic (exact) mass is 1210 g/mol. The number of methoxy groups -OCH3 is 1. The number of amides is 3. The number of nitrogens with zero attached hydrogens (tertiary/aromatic N) is 3. The van der Waals surface area contributed by atoms with Crippen molar-refractivity contribution in [2.75, 3.05) is 47.9 Å². The molecule has 3 amide bonds. The zero-order chi connectivity index (χ0) is 66.4. The number of allylic oxidation sites excluding steroid dienone is 2. The molecule has 2 aromatic carbocycles. The van der Waals surface area contributed by atoms with E-state index in [1.165, 1.54) is 92.5 Å². The van der Waals surface area contributed by atoms with Crippen LogP contribution in [0.2, 0.25) is 0 Å².